The van der Waals surface area contributed by atoms with Gasteiger partial charge in [0, 0.05) is 0 Å². The average Bonchev–Trinajstić information content (AvgIpc) is 2.81. The zero-order valence-corrected chi connectivity index (χ0v) is 12.7. The van der Waals surface area contributed by atoms with Crippen LogP contribution in [-0.2, 0) is 6.42 Å². The molecule has 0 saturated carbocycles. The highest BCUT2D eigenvalue weighted by molar-refractivity contribution is 5.43. The minimum Gasteiger partial charge on any atom is -0.343 e. The van der Waals surface area contributed by atoms with E-state index in [0.717, 1.165) is 17.9 Å². The van der Waals surface area contributed by atoms with E-state index in [4.69, 9.17) is 0 Å². The van der Waals surface area contributed by atoms with E-state index in [2.05, 4.69) is 54.2 Å². The molecule has 106 valence electrons. The SMILES string of the molecule is Cc1ccc(CCCC/C=C/c2cnc(C)[nH]2)c(C)c1. The molecule has 1 heterocycles. The molecule has 0 atom stereocenters. The van der Waals surface area contributed by atoms with Gasteiger partial charge in [0.15, 0.2) is 0 Å². The first-order chi connectivity index (χ1) is 9.65. The second-order valence-electron chi connectivity index (χ2n) is 5.50. The van der Waals surface area contributed by atoms with Gasteiger partial charge in [-0.15, -0.1) is 0 Å². The van der Waals surface area contributed by atoms with E-state index in [1.165, 1.54) is 36.0 Å². The van der Waals surface area contributed by atoms with Crippen LogP contribution in [-0.4, -0.2) is 9.97 Å². The van der Waals surface area contributed by atoms with Crippen LogP contribution in [0, 0.1) is 20.8 Å². The molecule has 2 rings (SSSR count). The molecule has 0 radical (unpaired) electrons. The average molecular weight is 268 g/mol. The summed E-state index contributed by atoms with van der Waals surface area (Å²) in [6.45, 7) is 6.34. The fraction of sp³-hybridized carbons (Fsp3) is 0.389. The van der Waals surface area contributed by atoms with Gasteiger partial charge in [-0.05, 0) is 63.7 Å². The molecular weight excluding hydrogens is 244 g/mol. The first-order valence-electron chi connectivity index (χ1n) is 7.39. The molecule has 1 N–H and O–H groups in total. The molecule has 0 saturated heterocycles. The van der Waals surface area contributed by atoms with Crippen molar-refractivity contribution in [2.75, 3.05) is 0 Å². The first kappa shape index (κ1) is 14.6. The third kappa shape index (κ3) is 4.37. The van der Waals surface area contributed by atoms with E-state index in [9.17, 15) is 0 Å². The van der Waals surface area contributed by atoms with Gasteiger partial charge in [-0.3, -0.25) is 0 Å². The minimum atomic E-state index is 0.972. The molecule has 0 fully saturated rings. The Morgan fingerprint density at radius 3 is 2.70 bits per heavy atom. The third-order valence-electron chi connectivity index (χ3n) is 3.58. The molecular formula is C18H24N2. The first-order valence-corrected chi connectivity index (χ1v) is 7.39. The van der Waals surface area contributed by atoms with Crippen LogP contribution in [0.25, 0.3) is 6.08 Å². The van der Waals surface area contributed by atoms with Gasteiger partial charge in [-0.25, -0.2) is 4.98 Å². The fourth-order valence-electron chi connectivity index (χ4n) is 2.44. The number of aryl methyl sites for hydroxylation is 4. The van der Waals surface area contributed by atoms with Crippen molar-refractivity contribution in [2.45, 2.75) is 46.5 Å². The lowest BCUT2D eigenvalue weighted by Gasteiger charge is -2.06. The van der Waals surface area contributed by atoms with Crippen molar-refractivity contribution in [3.05, 3.63) is 58.7 Å². The summed E-state index contributed by atoms with van der Waals surface area (Å²) >= 11 is 0. The van der Waals surface area contributed by atoms with Crippen LogP contribution >= 0.6 is 0 Å². The summed E-state index contributed by atoms with van der Waals surface area (Å²) in [6.07, 6.45) is 11.0. The van der Waals surface area contributed by atoms with E-state index in [1.54, 1.807) is 0 Å². The number of aromatic amines is 1. The number of hydrogen-bond acceptors (Lipinski definition) is 1. The van der Waals surface area contributed by atoms with E-state index in [0.29, 0.717) is 0 Å². The maximum Gasteiger partial charge on any atom is 0.103 e. The lowest BCUT2D eigenvalue weighted by Crippen LogP contribution is -1.90. The molecule has 2 heteroatoms. The molecule has 2 nitrogen and oxygen atoms in total. The van der Waals surface area contributed by atoms with Crippen molar-refractivity contribution in [1.29, 1.82) is 0 Å². The Hall–Kier alpha value is -1.83. The molecule has 0 unspecified atom stereocenters. The Labute approximate surface area is 122 Å². The van der Waals surface area contributed by atoms with Crippen molar-refractivity contribution in [3.8, 4) is 0 Å². The summed E-state index contributed by atoms with van der Waals surface area (Å²) in [4.78, 5) is 7.39. The molecule has 0 spiro atoms. The second kappa shape index (κ2) is 7.09. The number of H-pyrrole nitrogens is 1. The van der Waals surface area contributed by atoms with Crippen molar-refractivity contribution in [3.63, 3.8) is 0 Å². The Morgan fingerprint density at radius 2 is 2.00 bits per heavy atom. The summed E-state index contributed by atoms with van der Waals surface area (Å²) in [7, 11) is 0. The highest BCUT2D eigenvalue weighted by atomic mass is 14.9. The van der Waals surface area contributed by atoms with E-state index in [1.807, 2.05) is 13.1 Å². The van der Waals surface area contributed by atoms with Crippen molar-refractivity contribution in [2.24, 2.45) is 0 Å². The standard InChI is InChI=1S/C18H24N2/c1-14-10-11-17(15(2)12-14)8-6-4-5-7-9-18-13-19-16(3)20-18/h7,9-13H,4-6,8H2,1-3H3,(H,19,20)/b9-7+. The number of hydrogen-bond donors (Lipinski definition) is 1. The highest BCUT2D eigenvalue weighted by Crippen LogP contribution is 2.14. The van der Waals surface area contributed by atoms with Crippen LogP contribution in [0.15, 0.2) is 30.5 Å². The number of imidazole rings is 1. The molecule has 0 aliphatic heterocycles. The van der Waals surface area contributed by atoms with Gasteiger partial charge in [-0.1, -0.05) is 29.8 Å². The van der Waals surface area contributed by atoms with Gasteiger partial charge in [0.1, 0.15) is 5.82 Å². The summed E-state index contributed by atoms with van der Waals surface area (Å²) in [6, 6.07) is 6.76. The molecule has 0 aliphatic rings. The number of rotatable bonds is 6. The zero-order chi connectivity index (χ0) is 14.4. The third-order valence-corrected chi connectivity index (χ3v) is 3.58. The van der Waals surface area contributed by atoms with Crippen molar-refractivity contribution >= 4 is 6.08 Å². The maximum atomic E-state index is 4.18. The summed E-state index contributed by atoms with van der Waals surface area (Å²) in [5.41, 5.74) is 5.36. The molecule has 0 bridgehead atoms. The smallest absolute Gasteiger partial charge is 0.103 e. The Morgan fingerprint density at radius 1 is 1.15 bits per heavy atom. The van der Waals surface area contributed by atoms with Gasteiger partial charge in [0.05, 0.1) is 11.9 Å². The van der Waals surface area contributed by atoms with Crippen LogP contribution in [0.5, 0.6) is 0 Å². The van der Waals surface area contributed by atoms with Crippen LogP contribution < -0.4 is 0 Å². The van der Waals surface area contributed by atoms with Gasteiger partial charge < -0.3 is 4.98 Å². The number of nitrogens with one attached hydrogen (secondary N) is 1. The van der Waals surface area contributed by atoms with Crippen molar-refractivity contribution < 1.29 is 0 Å². The minimum absolute atomic E-state index is 0.972. The monoisotopic (exact) mass is 268 g/mol. The maximum absolute atomic E-state index is 4.18. The number of benzene rings is 1. The molecule has 1 aromatic carbocycles. The Balaban J connectivity index is 1.70. The van der Waals surface area contributed by atoms with E-state index in [-0.39, 0.29) is 0 Å². The quantitative estimate of drug-likeness (QED) is 0.752. The number of allylic oxidation sites excluding steroid dienone is 1. The largest absolute Gasteiger partial charge is 0.343 e. The molecule has 20 heavy (non-hydrogen) atoms. The molecule has 0 aliphatic carbocycles. The van der Waals surface area contributed by atoms with Crippen LogP contribution in [0.3, 0.4) is 0 Å². The van der Waals surface area contributed by atoms with E-state index >= 15 is 0 Å². The molecule has 1 aromatic heterocycles. The number of aromatic nitrogens is 2. The summed E-state index contributed by atoms with van der Waals surface area (Å²) < 4.78 is 0. The molecule has 0 amide bonds. The highest BCUT2D eigenvalue weighted by Gasteiger charge is 1.98. The number of nitrogens with zero attached hydrogens (tertiary/aromatic N) is 1. The van der Waals surface area contributed by atoms with Gasteiger partial charge >= 0.3 is 0 Å². The van der Waals surface area contributed by atoms with Crippen molar-refractivity contribution in [1.82, 2.24) is 9.97 Å². The zero-order valence-electron chi connectivity index (χ0n) is 12.7. The van der Waals surface area contributed by atoms with E-state index < -0.39 is 0 Å². The fourth-order valence-corrected chi connectivity index (χ4v) is 2.44. The van der Waals surface area contributed by atoms with Gasteiger partial charge in [0.25, 0.3) is 0 Å². The summed E-state index contributed by atoms with van der Waals surface area (Å²) in [5.74, 6) is 0.972. The predicted molar refractivity (Wildman–Crippen MR) is 85.8 cm³/mol. The van der Waals surface area contributed by atoms with Crippen LogP contribution in [0.2, 0.25) is 0 Å². The lowest BCUT2D eigenvalue weighted by atomic mass is 10.0. The topological polar surface area (TPSA) is 28.7 Å². The molecule has 2 aromatic rings. The van der Waals surface area contributed by atoms with Crippen LogP contribution in [0.1, 0.15) is 47.5 Å². The second-order valence-corrected chi connectivity index (χ2v) is 5.50. The Bertz CT molecular complexity index is 579. The lowest BCUT2D eigenvalue weighted by molar-refractivity contribution is 0.746. The summed E-state index contributed by atoms with van der Waals surface area (Å²) in [5, 5.41) is 0. The van der Waals surface area contributed by atoms with Crippen LogP contribution in [0.4, 0.5) is 0 Å². The van der Waals surface area contributed by atoms with Gasteiger partial charge in [0.2, 0.25) is 0 Å². The predicted octanol–water partition coefficient (Wildman–Crippen LogP) is 4.76. The van der Waals surface area contributed by atoms with Gasteiger partial charge in [-0.2, -0.15) is 0 Å². The number of unbranched alkanes of at least 4 members (excludes halogenated alkanes) is 2. The normalized spacial score (nSPS) is 11.3. The Kier molecular flexibility index (Phi) is 5.16.